The van der Waals surface area contributed by atoms with E-state index in [9.17, 15) is 18.8 Å². The fourth-order valence-electron chi connectivity index (χ4n) is 4.07. The van der Waals surface area contributed by atoms with Crippen molar-refractivity contribution in [3.8, 4) is 0 Å². The number of methoxy groups -OCH3 is 1. The summed E-state index contributed by atoms with van der Waals surface area (Å²) < 4.78 is 18.5. The molecule has 2 aromatic rings. The van der Waals surface area contributed by atoms with Crippen molar-refractivity contribution in [3.63, 3.8) is 0 Å². The van der Waals surface area contributed by atoms with Crippen LogP contribution in [-0.2, 0) is 38.5 Å². The summed E-state index contributed by atoms with van der Waals surface area (Å²) >= 11 is 0. The van der Waals surface area contributed by atoms with Crippen molar-refractivity contribution in [2.45, 2.75) is 50.7 Å². The Hall–Kier alpha value is -3.26. The monoisotopic (exact) mass is 456 g/mol. The standard InChI is InChI=1S/C25H30FN3O4/c1-33-24(31)13-17-8-10-18(11-9-17)16-28-25(32)22-7-4-12-29(22)23(30)15-20(27)14-19-5-2-3-6-21(19)26/h2-3,5-6,8-11,20,22H,4,7,12-16,27H2,1H3,(H,28,32)/p+1/t20?,22-/m0/s1. The van der Waals surface area contributed by atoms with Gasteiger partial charge in [-0.3, -0.25) is 14.4 Å². The lowest BCUT2D eigenvalue weighted by atomic mass is 10.0. The van der Waals surface area contributed by atoms with Crippen LogP contribution in [0.4, 0.5) is 4.39 Å². The van der Waals surface area contributed by atoms with Crippen LogP contribution in [0, 0.1) is 5.82 Å². The minimum atomic E-state index is -0.503. The highest BCUT2D eigenvalue weighted by atomic mass is 19.1. The van der Waals surface area contributed by atoms with Crippen LogP contribution in [0.2, 0.25) is 0 Å². The molecule has 0 radical (unpaired) electrons. The van der Waals surface area contributed by atoms with E-state index in [0.29, 0.717) is 31.5 Å². The highest BCUT2D eigenvalue weighted by Crippen LogP contribution is 2.20. The van der Waals surface area contributed by atoms with Crippen molar-refractivity contribution >= 4 is 17.8 Å². The molecule has 0 saturated carbocycles. The Morgan fingerprint density at radius 2 is 1.85 bits per heavy atom. The van der Waals surface area contributed by atoms with Crippen LogP contribution in [0.25, 0.3) is 0 Å². The number of nitrogens with zero attached hydrogens (tertiary/aromatic N) is 1. The van der Waals surface area contributed by atoms with E-state index in [2.05, 4.69) is 15.8 Å². The third-order valence-corrected chi connectivity index (χ3v) is 5.87. The zero-order valence-electron chi connectivity index (χ0n) is 18.9. The molecule has 3 rings (SSSR count). The van der Waals surface area contributed by atoms with Gasteiger partial charge in [0.25, 0.3) is 0 Å². The molecule has 1 unspecified atom stereocenters. The molecule has 2 amide bonds. The van der Waals surface area contributed by atoms with Crippen molar-refractivity contribution in [2.24, 2.45) is 0 Å². The third kappa shape index (κ3) is 6.86. The van der Waals surface area contributed by atoms with Gasteiger partial charge in [-0.15, -0.1) is 0 Å². The van der Waals surface area contributed by atoms with Crippen molar-refractivity contribution in [2.75, 3.05) is 13.7 Å². The van der Waals surface area contributed by atoms with Crippen LogP contribution in [0.5, 0.6) is 0 Å². The average molecular weight is 457 g/mol. The van der Waals surface area contributed by atoms with Gasteiger partial charge < -0.3 is 20.7 Å². The lowest BCUT2D eigenvalue weighted by Gasteiger charge is -2.24. The number of hydrogen-bond donors (Lipinski definition) is 2. The molecule has 4 N–H and O–H groups in total. The first-order chi connectivity index (χ1) is 15.9. The van der Waals surface area contributed by atoms with E-state index in [4.69, 9.17) is 0 Å². The zero-order chi connectivity index (χ0) is 23.8. The Kier molecular flexibility index (Phi) is 8.54. The van der Waals surface area contributed by atoms with Gasteiger partial charge in [0.2, 0.25) is 11.8 Å². The van der Waals surface area contributed by atoms with Gasteiger partial charge in [0.15, 0.2) is 0 Å². The summed E-state index contributed by atoms with van der Waals surface area (Å²) in [5, 5.41) is 2.91. The fourth-order valence-corrected chi connectivity index (χ4v) is 4.07. The van der Waals surface area contributed by atoms with E-state index in [0.717, 1.165) is 17.5 Å². The Morgan fingerprint density at radius 3 is 2.55 bits per heavy atom. The average Bonchev–Trinajstić information content (AvgIpc) is 3.30. The van der Waals surface area contributed by atoms with E-state index in [-0.39, 0.29) is 42.5 Å². The third-order valence-electron chi connectivity index (χ3n) is 5.87. The smallest absolute Gasteiger partial charge is 0.309 e. The summed E-state index contributed by atoms with van der Waals surface area (Å²) in [6, 6.07) is 13.1. The lowest BCUT2D eigenvalue weighted by Crippen LogP contribution is -2.63. The number of halogens is 1. The highest BCUT2D eigenvalue weighted by molar-refractivity contribution is 5.88. The molecule has 0 aliphatic carbocycles. The topological polar surface area (TPSA) is 103 Å². The number of ether oxygens (including phenoxy) is 1. The largest absolute Gasteiger partial charge is 0.469 e. The van der Waals surface area contributed by atoms with Crippen molar-refractivity contribution in [1.82, 2.24) is 10.2 Å². The maximum Gasteiger partial charge on any atom is 0.309 e. The second-order valence-corrected chi connectivity index (χ2v) is 8.40. The zero-order valence-corrected chi connectivity index (χ0v) is 18.9. The van der Waals surface area contributed by atoms with E-state index in [1.165, 1.54) is 13.2 Å². The Balaban J connectivity index is 1.50. The Morgan fingerprint density at radius 1 is 1.15 bits per heavy atom. The number of carbonyl (C=O) groups is 3. The van der Waals surface area contributed by atoms with Gasteiger partial charge in [-0.05, 0) is 35.6 Å². The molecule has 1 heterocycles. The van der Waals surface area contributed by atoms with E-state index >= 15 is 0 Å². The molecule has 1 aliphatic heterocycles. The van der Waals surface area contributed by atoms with Crippen LogP contribution in [0.3, 0.4) is 0 Å². The fraction of sp³-hybridized carbons (Fsp3) is 0.400. The molecule has 0 spiro atoms. The number of rotatable bonds is 9. The molecule has 2 atom stereocenters. The van der Waals surface area contributed by atoms with Gasteiger partial charge in [0, 0.05) is 19.5 Å². The molecule has 8 heteroatoms. The van der Waals surface area contributed by atoms with Crippen LogP contribution in [-0.4, -0.2) is 48.4 Å². The number of amides is 2. The molecule has 1 fully saturated rings. The molecule has 33 heavy (non-hydrogen) atoms. The highest BCUT2D eigenvalue weighted by Gasteiger charge is 2.34. The van der Waals surface area contributed by atoms with E-state index in [1.807, 2.05) is 24.3 Å². The Labute approximate surface area is 193 Å². The molecule has 0 bridgehead atoms. The molecule has 7 nitrogen and oxygen atoms in total. The first-order valence-corrected chi connectivity index (χ1v) is 11.2. The molecule has 1 saturated heterocycles. The maximum atomic E-state index is 13.9. The minimum absolute atomic E-state index is 0.129. The molecule has 1 aliphatic rings. The number of quaternary nitrogens is 1. The van der Waals surface area contributed by atoms with Crippen LogP contribution < -0.4 is 11.1 Å². The van der Waals surface area contributed by atoms with Gasteiger partial charge in [-0.2, -0.15) is 0 Å². The second kappa shape index (κ2) is 11.6. The van der Waals surface area contributed by atoms with E-state index < -0.39 is 6.04 Å². The predicted molar refractivity (Wildman–Crippen MR) is 120 cm³/mol. The second-order valence-electron chi connectivity index (χ2n) is 8.40. The van der Waals surface area contributed by atoms with Crippen LogP contribution in [0.1, 0.15) is 36.0 Å². The normalized spacial score (nSPS) is 16.3. The SMILES string of the molecule is COC(=O)Cc1ccc(CNC(=O)[C@@H]2CCCN2C(=O)CC([NH3+])Cc2ccccc2F)cc1. The molecular formula is C25H31FN3O4+. The summed E-state index contributed by atoms with van der Waals surface area (Å²) in [4.78, 5) is 38.6. The number of carbonyl (C=O) groups excluding carboxylic acids is 3. The van der Waals surface area contributed by atoms with Gasteiger partial charge in [-0.1, -0.05) is 42.5 Å². The quantitative estimate of drug-likeness (QED) is 0.557. The summed E-state index contributed by atoms with van der Waals surface area (Å²) in [6.45, 7) is 0.868. The first kappa shape index (κ1) is 24.4. The van der Waals surface area contributed by atoms with Gasteiger partial charge in [0.1, 0.15) is 11.9 Å². The molecule has 0 aromatic heterocycles. The Bertz CT molecular complexity index is 980. The van der Waals surface area contributed by atoms with E-state index in [1.54, 1.807) is 23.1 Å². The minimum Gasteiger partial charge on any atom is -0.469 e. The molecular weight excluding hydrogens is 425 g/mol. The molecule has 2 aromatic carbocycles. The van der Waals surface area contributed by atoms with Gasteiger partial charge in [0.05, 0.1) is 26.0 Å². The number of hydrogen-bond acceptors (Lipinski definition) is 4. The first-order valence-electron chi connectivity index (χ1n) is 11.2. The van der Waals surface area contributed by atoms with Crippen molar-refractivity contribution in [1.29, 1.82) is 0 Å². The molecule has 176 valence electrons. The van der Waals surface area contributed by atoms with Gasteiger partial charge >= 0.3 is 5.97 Å². The maximum absolute atomic E-state index is 13.9. The lowest BCUT2D eigenvalue weighted by molar-refractivity contribution is -0.418. The van der Waals surface area contributed by atoms with Crippen LogP contribution >= 0.6 is 0 Å². The number of nitrogens with one attached hydrogen (secondary N) is 1. The number of likely N-dealkylation sites (tertiary alicyclic amines) is 1. The number of esters is 1. The van der Waals surface area contributed by atoms with Crippen molar-refractivity contribution in [3.05, 3.63) is 71.0 Å². The van der Waals surface area contributed by atoms with Crippen LogP contribution in [0.15, 0.2) is 48.5 Å². The summed E-state index contributed by atoms with van der Waals surface area (Å²) in [7, 11) is 1.35. The predicted octanol–water partition coefficient (Wildman–Crippen LogP) is 1.39. The summed E-state index contributed by atoms with van der Waals surface area (Å²) in [6.07, 6.45) is 2.12. The summed E-state index contributed by atoms with van der Waals surface area (Å²) in [5.74, 6) is -0.916. The van der Waals surface area contributed by atoms with Gasteiger partial charge in [-0.25, -0.2) is 4.39 Å². The number of benzene rings is 2. The summed E-state index contributed by atoms with van der Waals surface area (Å²) in [5.41, 5.74) is 6.29. The van der Waals surface area contributed by atoms with Crippen molar-refractivity contribution < 1.29 is 29.2 Å².